The van der Waals surface area contributed by atoms with Crippen LogP contribution in [0.5, 0.6) is 5.75 Å². The molecule has 7 nitrogen and oxygen atoms in total. The highest BCUT2D eigenvalue weighted by Crippen LogP contribution is 2.40. The average molecular weight is 451 g/mol. The summed E-state index contributed by atoms with van der Waals surface area (Å²) in [5, 5.41) is 0. The van der Waals surface area contributed by atoms with Gasteiger partial charge in [-0.1, -0.05) is 30.3 Å². The van der Waals surface area contributed by atoms with Crippen molar-refractivity contribution in [3.63, 3.8) is 0 Å². The summed E-state index contributed by atoms with van der Waals surface area (Å²) >= 11 is 0. The number of morpholine rings is 1. The number of benzene rings is 2. The van der Waals surface area contributed by atoms with Crippen molar-refractivity contribution < 1.29 is 23.8 Å². The lowest BCUT2D eigenvalue weighted by molar-refractivity contribution is -0.144. The maximum Gasteiger partial charge on any atom is 0.253 e. The molecule has 1 atom stereocenters. The Morgan fingerprint density at radius 1 is 0.970 bits per heavy atom. The first-order valence-electron chi connectivity index (χ1n) is 11.6. The fourth-order valence-electron chi connectivity index (χ4n) is 5.38. The Hall–Kier alpha value is -2.90. The van der Waals surface area contributed by atoms with Crippen LogP contribution < -0.4 is 9.64 Å². The molecule has 0 unspecified atom stereocenters. The molecule has 2 aromatic carbocycles. The number of hydrogen-bond donors (Lipinski definition) is 0. The van der Waals surface area contributed by atoms with Gasteiger partial charge in [0.1, 0.15) is 18.0 Å². The molecule has 3 aliphatic rings. The van der Waals surface area contributed by atoms with Gasteiger partial charge in [-0.05, 0) is 49.1 Å². The molecule has 0 N–H and O–H groups in total. The van der Waals surface area contributed by atoms with Gasteiger partial charge in [0.15, 0.2) is 0 Å². The van der Waals surface area contributed by atoms with E-state index < -0.39 is 11.0 Å². The van der Waals surface area contributed by atoms with Crippen LogP contribution in [0.15, 0.2) is 54.6 Å². The number of methoxy groups -OCH3 is 1. The van der Waals surface area contributed by atoms with Crippen LogP contribution in [0.25, 0.3) is 0 Å². The van der Waals surface area contributed by atoms with E-state index in [0.717, 1.165) is 17.0 Å². The Balaban J connectivity index is 1.38. The van der Waals surface area contributed by atoms with Gasteiger partial charge in [0.25, 0.3) is 5.91 Å². The molecule has 0 radical (unpaired) electrons. The summed E-state index contributed by atoms with van der Waals surface area (Å²) in [7, 11) is 1.64. The van der Waals surface area contributed by atoms with Crippen LogP contribution in [0.3, 0.4) is 0 Å². The number of likely N-dealkylation sites (tertiary alicyclic amines) is 1. The molecule has 33 heavy (non-hydrogen) atoms. The average Bonchev–Trinajstić information content (AvgIpc) is 3.29. The van der Waals surface area contributed by atoms with Crippen molar-refractivity contribution in [1.29, 1.82) is 0 Å². The predicted molar refractivity (Wildman–Crippen MR) is 123 cm³/mol. The van der Waals surface area contributed by atoms with E-state index in [1.807, 2.05) is 59.5 Å². The highest BCUT2D eigenvalue weighted by molar-refractivity contribution is 5.95. The Morgan fingerprint density at radius 2 is 1.70 bits per heavy atom. The lowest BCUT2D eigenvalue weighted by atomic mass is 9.73. The van der Waals surface area contributed by atoms with E-state index in [1.54, 1.807) is 12.0 Å². The second-order valence-corrected chi connectivity index (χ2v) is 9.19. The van der Waals surface area contributed by atoms with E-state index in [0.29, 0.717) is 52.1 Å². The first-order valence-corrected chi connectivity index (χ1v) is 11.6. The van der Waals surface area contributed by atoms with E-state index in [2.05, 4.69) is 0 Å². The molecule has 3 fully saturated rings. The molecule has 0 saturated carbocycles. The summed E-state index contributed by atoms with van der Waals surface area (Å²) < 4.78 is 17.0. The zero-order chi connectivity index (χ0) is 22.9. The molecule has 0 bridgehead atoms. The van der Waals surface area contributed by atoms with Gasteiger partial charge in [-0.3, -0.25) is 9.59 Å². The van der Waals surface area contributed by atoms with Crippen molar-refractivity contribution in [1.82, 2.24) is 4.90 Å². The van der Waals surface area contributed by atoms with Crippen LogP contribution in [0.2, 0.25) is 0 Å². The molecule has 7 heteroatoms. The highest BCUT2D eigenvalue weighted by Gasteiger charge is 2.51. The quantitative estimate of drug-likeness (QED) is 0.717. The van der Waals surface area contributed by atoms with Crippen molar-refractivity contribution in [2.24, 2.45) is 0 Å². The Kier molecular flexibility index (Phi) is 5.85. The summed E-state index contributed by atoms with van der Waals surface area (Å²) in [5.74, 6) is 0.852. The van der Waals surface area contributed by atoms with Gasteiger partial charge >= 0.3 is 0 Å². The molecule has 3 heterocycles. The van der Waals surface area contributed by atoms with E-state index in [1.165, 1.54) is 0 Å². The van der Waals surface area contributed by atoms with Gasteiger partial charge in [-0.15, -0.1) is 0 Å². The third kappa shape index (κ3) is 4.00. The molecule has 174 valence electrons. The maximum atomic E-state index is 14.0. The number of amides is 2. The molecule has 2 amide bonds. The van der Waals surface area contributed by atoms with Crippen molar-refractivity contribution in [2.45, 2.75) is 30.3 Å². The Bertz CT molecular complexity index is 1000. The van der Waals surface area contributed by atoms with Crippen molar-refractivity contribution in [2.75, 3.05) is 51.5 Å². The first-order chi connectivity index (χ1) is 16.1. The van der Waals surface area contributed by atoms with Gasteiger partial charge in [-0.25, -0.2) is 0 Å². The summed E-state index contributed by atoms with van der Waals surface area (Å²) in [6.07, 6.45) is 2.01. The molecule has 3 saturated heterocycles. The smallest absolute Gasteiger partial charge is 0.253 e. The van der Waals surface area contributed by atoms with Crippen LogP contribution >= 0.6 is 0 Å². The third-order valence-corrected chi connectivity index (χ3v) is 7.32. The van der Waals surface area contributed by atoms with E-state index >= 15 is 0 Å². The van der Waals surface area contributed by atoms with Gasteiger partial charge in [0.05, 0.1) is 25.6 Å². The number of ether oxygens (including phenoxy) is 3. The SMILES string of the molecule is COc1ccc(C2(C(=O)N3CC[C@@]4(C3)CN(c3ccccc3)C(=O)CO4)CCOCC2)cc1. The first kappa shape index (κ1) is 21.9. The zero-order valence-electron chi connectivity index (χ0n) is 19.0. The number of anilines is 1. The van der Waals surface area contributed by atoms with Gasteiger partial charge < -0.3 is 24.0 Å². The second kappa shape index (κ2) is 8.80. The molecule has 2 aromatic rings. The third-order valence-electron chi connectivity index (χ3n) is 7.32. The normalized spacial score (nSPS) is 24.8. The van der Waals surface area contributed by atoms with Gasteiger partial charge in [0, 0.05) is 25.4 Å². The maximum absolute atomic E-state index is 14.0. The lowest BCUT2D eigenvalue weighted by Gasteiger charge is -2.42. The number of carbonyl (C=O) groups is 2. The monoisotopic (exact) mass is 450 g/mol. The Morgan fingerprint density at radius 3 is 2.39 bits per heavy atom. The highest BCUT2D eigenvalue weighted by atomic mass is 16.5. The van der Waals surface area contributed by atoms with Gasteiger partial charge in [-0.2, -0.15) is 0 Å². The summed E-state index contributed by atoms with van der Waals surface area (Å²) in [6.45, 7) is 2.72. The largest absolute Gasteiger partial charge is 0.497 e. The molecular formula is C26H30N2O5. The minimum absolute atomic E-state index is 0.0361. The molecule has 5 rings (SSSR count). The number of nitrogens with zero attached hydrogens (tertiary/aromatic N) is 2. The Labute approximate surface area is 194 Å². The zero-order valence-corrected chi connectivity index (χ0v) is 19.0. The summed E-state index contributed by atoms with van der Waals surface area (Å²) in [6, 6.07) is 17.5. The minimum atomic E-state index is -0.611. The summed E-state index contributed by atoms with van der Waals surface area (Å²) in [4.78, 5) is 30.3. The number of rotatable bonds is 4. The fourth-order valence-corrected chi connectivity index (χ4v) is 5.38. The van der Waals surface area contributed by atoms with E-state index in [-0.39, 0.29) is 18.4 Å². The minimum Gasteiger partial charge on any atom is -0.497 e. The molecule has 0 aromatic heterocycles. The number of hydrogen-bond acceptors (Lipinski definition) is 5. The number of carbonyl (C=O) groups excluding carboxylic acids is 2. The predicted octanol–water partition coefficient (Wildman–Crippen LogP) is 2.78. The fraction of sp³-hybridized carbons (Fsp3) is 0.462. The van der Waals surface area contributed by atoms with Gasteiger partial charge in [0.2, 0.25) is 5.91 Å². The van der Waals surface area contributed by atoms with E-state index in [4.69, 9.17) is 14.2 Å². The molecular weight excluding hydrogens is 420 g/mol. The van der Waals surface area contributed by atoms with Crippen LogP contribution in [-0.2, 0) is 24.5 Å². The van der Waals surface area contributed by atoms with Crippen molar-refractivity contribution >= 4 is 17.5 Å². The van der Waals surface area contributed by atoms with Crippen LogP contribution in [0.1, 0.15) is 24.8 Å². The molecule has 0 aliphatic carbocycles. The number of para-hydroxylation sites is 1. The summed E-state index contributed by atoms with van der Waals surface area (Å²) in [5.41, 5.74) is 0.725. The molecule has 3 aliphatic heterocycles. The van der Waals surface area contributed by atoms with Crippen LogP contribution in [-0.4, -0.2) is 68.9 Å². The van der Waals surface area contributed by atoms with Crippen molar-refractivity contribution in [3.8, 4) is 5.75 Å². The van der Waals surface area contributed by atoms with Crippen molar-refractivity contribution in [3.05, 3.63) is 60.2 Å². The second-order valence-electron chi connectivity index (χ2n) is 9.19. The van der Waals surface area contributed by atoms with Crippen LogP contribution in [0.4, 0.5) is 5.69 Å². The van der Waals surface area contributed by atoms with E-state index in [9.17, 15) is 9.59 Å². The standard InChI is InChI=1S/C26H30N2O5/c1-31-22-9-7-20(8-10-22)26(12-15-32-16-13-26)24(30)27-14-11-25(18-27)19-28(23(29)17-33-25)21-5-3-2-4-6-21/h2-10H,11-19H2,1H3/t25-/m1/s1. The molecule has 1 spiro atoms. The topological polar surface area (TPSA) is 68.3 Å². The lowest BCUT2D eigenvalue weighted by Crippen LogP contribution is -2.57. The van der Waals surface area contributed by atoms with Crippen LogP contribution in [0, 0.1) is 0 Å².